The second-order valence-electron chi connectivity index (χ2n) is 2.52. The number of furan rings is 1. The molecular formula is C8H10F2O3. The Bertz CT molecular complexity index is 260. The first-order valence-corrected chi connectivity index (χ1v) is 3.69. The molecule has 0 aromatic carbocycles. The first-order chi connectivity index (χ1) is 6.15. The number of ether oxygens (including phenoxy) is 1. The quantitative estimate of drug-likeness (QED) is 0.789. The molecule has 1 N–H and O–H groups in total. The highest BCUT2D eigenvalue weighted by Gasteiger charge is 2.22. The normalized spacial score (nSPS) is 13.6. The van der Waals surface area contributed by atoms with Gasteiger partial charge in [0.1, 0.15) is 18.1 Å². The van der Waals surface area contributed by atoms with Gasteiger partial charge in [0.05, 0.1) is 0 Å². The number of aliphatic hydroxyl groups excluding tert-OH is 1. The third-order valence-corrected chi connectivity index (χ3v) is 1.50. The molecule has 1 unspecified atom stereocenters. The van der Waals surface area contributed by atoms with Crippen molar-refractivity contribution < 1.29 is 23.0 Å². The Morgan fingerprint density at radius 3 is 2.77 bits per heavy atom. The molecule has 74 valence electrons. The van der Waals surface area contributed by atoms with Gasteiger partial charge in [-0.3, -0.25) is 0 Å². The van der Waals surface area contributed by atoms with Crippen molar-refractivity contribution in [1.29, 1.82) is 0 Å². The Balaban J connectivity index is 2.67. The molecule has 13 heavy (non-hydrogen) atoms. The van der Waals surface area contributed by atoms with Crippen molar-refractivity contribution in [1.82, 2.24) is 0 Å². The molecule has 0 aliphatic carbocycles. The number of hydrogen-bond donors (Lipinski definition) is 1. The Morgan fingerprint density at radius 2 is 2.23 bits per heavy atom. The number of hydrogen-bond acceptors (Lipinski definition) is 3. The van der Waals surface area contributed by atoms with Crippen LogP contribution >= 0.6 is 0 Å². The van der Waals surface area contributed by atoms with Gasteiger partial charge in [0, 0.05) is 7.11 Å². The van der Waals surface area contributed by atoms with Gasteiger partial charge in [-0.05, 0) is 12.1 Å². The van der Waals surface area contributed by atoms with Gasteiger partial charge in [-0.2, -0.15) is 0 Å². The summed E-state index contributed by atoms with van der Waals surface area (Å²) in [6, 6.07) is 2.80. The largest absolute Gasteiger partial charge is 0.461 e. The standard InChI is InChI=1S/C8H10F2O3/c1-12-4-5-2-3-6(13-5)7(11)8(9)10/h2-3,7-8,11H,4H2,1H3. The minimum atomic E-state index is -2.83. The lowest BCUT2D eigenvalue weighted by atomic mass is 10.3. The Kier molecular flexibility index (Phi) is 3.39. The zero-order chi connectivity index (χ0) is 9.84. The lowest BCUT2D eigenvalue weighted by Crippen LogP contribution is -2.06. The van der Waals surface area contributed by atoms with Gasteiger partial charge in [0.2, 0.25) is 0 Å². The average Bonchev–Trinajstić information content (AvgIpc) is 2.52. The number of alkyl halides is 2. The molecule has 0 aliphatic heterocycles. The van der Waals surface area contributed by atoms with Crippen LogP contribution in [0.4, 0.5) is 8.78 Å². The molecule has 1 rings (SSSR count). The summed E-state index contributed by atoms with van der Waals surface area (Å²) in [5.74, 6) is 0.277. The van der Waals surface area contributed by atoms with Crippen molar-refractivity contribution in [3.8, 4) is 0 Å². The van der Waals surface area contributed by atoms with E-state index in [0.29, 0.717) is 5.76 Å². The fraction of sp³-hybridized carbons (Fsp3) is 0.500. The van der Waals surface area contributed by atoms with Gasteiger partial charge >= 0.3 is 0 Å². The molecule has 0 radical (unpaired) electrons. The van der Waals surface area contributed by atoms with E-state index in [1.54, 1.807) is 0 Å². The van der Waals surface area contributed by atoms with Gasteiger partial charge in [-0.25, -0.2) is 8.78 Å². The minimum Gasteiger partial charge on any atom is -0.461 e. The van der Waals surface area contributed by atoms with Crippen LogP contribution in [-0.2, 0) is 11.3 Å². The van der Waals surface area contributed by atoms with Crippen LogP contribution in [0.1, 0.15) is 17.6 Å². The lowest BCUT2D eigenvalue weighted by Gasteiger charge is -2.04. The Hall–Kier alpha value is -0.940. The van der Waals surface area contributed by atoms with E-state index in [9.17, 15) is 8.78 Å². The molecule has 0 amide bonds. The van der Waals surface area contributed by atoms with Crippen molar-refractivity contribution in [2.75, 3.05) is 7.11 Å². The zero-order valence-electron chi connectivity index (χ0n) is 7.04. The molecule has 1 aromatic rings. The first kappa shape index (κ1) is 10.1. The van der Waals surface area contributed by atoms with Crippen LogP contribution in [-0.4, -0.2) is 18.6 Å². The fourth-order valence-electron chi connectivity index (χ4n) is 0.897. The van der Waals surface area contributed by atoms with Crippen LogP contribution < -0.4 is 0 Å². The maximum Gasteiger partial charge on any atom is 0.271 e. The second-order valence-corrected chi connectivity index (χ2v) is 2.52. The third kappa shape index (κ3) is 2.50. The molecule has 1 heterocycles. The van der Waals surface area contributed by atoms with Crippen LogP contribution in [0, 0.1) is 0 Å². The maximum absolute atomic E-state index is 12.0. The third-order valence-electron chi connectivity index (χ3n) is 1.50. The molecule has 0 fully saturated rings. The van der Waals surface area contributed by atoms with Crippen LogP contribution in [0.3, 0.4) is 0 Å². The molecule has 0 saturated carbocycles. The summed E-state index contributed by atoms with van der Waals surface area (Å²) in [6.07, 6.45) is -4.69. The molecule has 0 saturated heterocycles. The highest BCUT2D eigenvalue weighted by molar-refractivity contribution is 5.09. The molecule has 0 spiro atoms. The fourth-order valence-corrected chi connectivity index (χ4v) is 0.897. The molecule has 1 aromatic heterocycles. The lowest BCUT2D eigenvalue weighted by molar-refractivity contribution is -0.0189. The summed E-state index contributed by atoms with van der Waals surface area (Å²) in [4.78, 5) is 0. The van der Waals surface area contributed by atoms with Crippen molar-refractivity contribution in [3.63, 3.8) is 0 Å². The van der Waals surface area contributed by atoms with E-state index in [4.69, 9.17) is 14.3 Å². The van der Waals surface area contributed by atoms with Crippen molar-refractivity contribution in [2.24, 2.45) is 0 Å². The predicted octanol–water partition coefficient (Wildman–Crippen LogP) is 1.72. The molecule has 5 heteroatoms. The SMILES string of the molecule is COCc1ccc(C(O)C(F)F)o1. The molecular weight excluding hydrogens is 182 g/mol. The maximum atomic E-state index is 12.0. The van der Waals surface area contributed by atoms with Crippen molar-refractivity contribution >= 4 is 0 Å². The monoisotopic (exact) mass is 192 g/mol. The first-order valence-electron chi connectivity index (χ1n) is 3.69. The number of rotatable bonds is 4. The topological polar surface area (TPSA) is 42.6 Å². The second kappa shape index (κ2) is 4.34. The van der Waals surface area contributed by atoms with E-state index in [1.807, 2.05) is 0 Å². The van der Waals surface area contributed by atoms with Crippen LogP contribution in [0.5, 0.6) is 0 Å². The van der Waals surface area contributed by atoms with Crippen molar-refractivity contribution in [3.05, 3.63) is 23.7 Å². The van der Waals surface area contributed by atoms with Gasteiger partial charge in [-0.1, -0.05) is 0 Å². The summed E-state index contributed by atoms with van der Waals surface area (Å²) >= 11 is 0. The van der Waals surface area contributed by atoms with Crippen LogP contribution in [0.15, 0.2) is 16.5 Å². The van der Waals surface area contributed by atoms with Gasteiger partial charge in [0.25, 0.3) is 6.43 Å². The highest BCUT2D eigenvalue weighted by Crippen LogP contribution is 2.22. The van der Waals surface area contributed by atoms with Gasteiger partial charge in [-0.15, -0.1) is 0 Å². The van der Waals surface area contributed by atoms with Crippen molar-refractivity contribution in [2.45, 2.75) is 19.1 Å². The van der Waals surface area contributed by atoms with E-state index in [1.165, 1.54) is 19.2 Å². The summed E-state index contributed by atoms with van der Waals surface area (Å²) in [7, 11) is 1.46. The number of methoxy groups -OCH3 is 1. The van der Waals surface area contributed by atoms with E-state index in [2.05, 4.69) is 0 Å². The van der Waals surface area contributed by atoms with Gasteiger partial charge in [0.15, 0.2) is 6.10 Å². The minimum absolute atomic E-state index is 0.137. The summed E-state index contributed by atoms with van der Waals surface area (Å²) in [5.41, 5.74) is 0. The smallest absolute Gasteiger partial charge is 0.271 e. The summed E-state index contributed by atoms with van der Waals surface area (Å²) < 4.78 is 33.5. The molecule has 1 atom stereocenters. The molecule has 3 nitrogen and oxygen atoms in total. The summed E-state index contributed by atoms with van der Waals surface area (Å²) in [5, 5.41) is 8.89. The van der Waals surface area contributed by atoms with E-state index in [-0.39, 0.29) is 12.4 Å². The summed E-state index contributed by atoms with van der Waals surface area (Å²) in [6.45, 7) is 0.204. The Labute approximate surface area is 73.9 Å². The van der Waals surface area contributed by atoms with E-state index >= 15 is 0 Å². The van der Waals surface area contributed by atoms with Crippen LogP contribution in [0.25, 0.3) is 0 Å². The van der Waals surface area contributed by atoms with Gasteiger partial charge < -0.3 is 14.3 Å². The van der Waals surface area contributed by atoms with E-state index in [0.717, 1.165) is 0 Å². The Morgan fingerprint density at radius 1 is 1.54 bits per heavy atom. The van der Waals surface area contributed by atoms with Crippen LogP contribution in [0.2, 0.25) is 0 Å². The highest BCUT2D eigenvalue weighted by atomic mass is 19.3. The number of aliphatic hydroxyl groups is 1. The predicted molar refractivity (Wildman–Crippen MR) is 40.4 cm³/mol. The average molecular weight is 192 g/mol. The molecule has 0 bridgehead atoms. The number of halogens is 2. The molecule has 0 aliphatic rings. The zero-order valence-corrected chi connectivity index (χ0v) is 7.04. The van der Waals surface area contributed by atoms with E-state index < -0.39 is 12.5 Å².